The molecule has 0 radical (unpaired) electrons. The average molecular weight is 257 g/mol. The van der Waals surface area contributed by atoms with Gasteiger partial charge in [0, 0.05) is 6.07 Å². The van der Waals surface area contributed by atoms with E-state index in [4.69, 9.17) is 10.5 Å². The van der Waals surface area contributed by atoms with E-state index in [0.29, 0.717) is 11.4 Å². The van der Waals surface area contributed by atoms with Crippen LogP contribution in [0.15, 0.2) is 42.5 Å². The molecular formula is C16H16FNO. The van der Waals surface area contributed by atoms with Crippen LogP contribution >= 0.6 is 0 Å². The van der Waals surface area contributed by atoms with E-state index in [1.54, 1.807) is 6.07 Å². The maximum Gasteiger partial charge on any atom is 0.146 e. The molecule has 0 aromatic heterocycles. The Kier molecular flexibility index (Phi) is 3.11. The summed E-state index contributed by atoms with van der Waals surface area (Å²) in [6.07, 6.45) is 3.06. The average Bonchev–Trinajstić information content (AvgIpc) is 2.43. The van der Waals surface area contributed by atoms with E-state index in [1.165, 1.54) is 23.3 Å². The monoisotopic (exact) mass is 257 g/mol. The van der Waals surface area contributed by atoms with E-state index in [9.17, 15) is 4.39 Å². The van der Waals surface area contributed by atoms with Gasteiger partial charge in [0.2, 0.25) is 0 Å². The molecule has 0 saturated heterocycles. The number of fused-ring (bicyclic) bond motifs is 1. The van der Waals surface area contributed by atoms with Crippen molar-refractivity contribution in [2.75, 3.05) is 5.73 Å². The number of nitrogens with two attached hydrogens (primary N) is 1. The van der Waals surface area contributed by atoms with Gasteiger partial charge in [-0.15, -0.1) is 0 Å². The number of nitrogen functional groups attached to an aromatic ring is 1. The molecule has 0 spiro atoms. The number of ether oxygens (including phenoxy) is 1. The van der Waals surface area contributed by atoms with Crippen molar-refractivity contribution in [2.24, 2.45) is 0 Å². The van der Waals surface area contributed by atoms with Gasteiger partial charge < -0.3 is 10.5 Å². The third-order valence-corrected chi connectivity index (χ3v) is 3.56. The molecular weight excluding hydrogens is 241 g/mol. The second-order valence-corrected chi connectivity index (χ2v) is 4.88. The summed E-state index contributed by atoms with van der Waals surface area (Å²) in [5, 5.41) is 0. The van der Waals surface area contributed by atoms with Crippen LogP contribution < -0.4 is 10.5 Å². The minimum atomic E-state index is -0.326. The number of halogens is 1. The highest BCUT2D eigenvalue weighted by Crippen LogP contribution is 2.35. The zero-order chi connectivity index (χ0) is 13.2. The van der Waals surface area contributed by atoms with Gasteiger partial charge in [-0.1, -0.05) is 24.3 Å². The predicted octanol–water partition coefficient (Wildman–Crippen LogP) is 3.86. The van der Waals surface area contributed by atoms with Crippen molar-refractivity contribution in [3.05, 3.63) is 59.4 Å². The molecule has 2 aromatic rings. The number of rotatable bonds is 2. The number of aryl methyl sites for hydroxylation is 1. The molecule has 0 aliphatic heterocycles. The first kappa shape index (κ1) is 12.0. The molecule has 1 unspecified atom stereocenters. The lowest BCUT2D eigenvalue weighted by Gasteiger charge is -2.26. The topological polar surface area (TPSA) is 35.2 Å². The van der Waals surface area contributed by atoms with E-state index in [1.807, 2.05) is 12.1 Å². The zero-order valence-electron chi connectivity index (χ0n) is 10.6. The Morgan fingerprint density at radius 2 is 2.00 bits per heavy atom. The first-order chi connectivity index (χ1) is 9.24. The highest BCUT2D eigenvalue weighted by Gasteiger charge is 2.22. The number of anilines is 1. The minimum Gasteiger partial charge on any atom is -0.483 e. The van der Waals surface area contributed by atoms with Gasteiger partial charge in [-0.25, -0.2) is 4.39 Å². The summed E-state index contributed by atoms with van der Waals surface area (Å²) in [6, 6.07) is 12.5. The van der Waals surface area contributed by atoms with Gasteiger partial charge in [-0.3, -0.25) is 0 Å². The molecule has 1 atom stereocenters. The summed E-state index contributed by atoms with van der Waals surface area (Å²) in [7, 11) is 0. The molecule has 2 N–H and O–H groups in total. The van der Waals surface area contributed by atoms with Gasteiger partial charge in [0.25, 0.3) is 0 Å². The molecule has 1 aliphatic carbocycles. The van der Waals surface area contributed by atoms with Gasteiger partial charge in [0.15, 0.2) is 0 Å². The van der Waals surface area contributed by atoms with Crippen LogP contribution in [0.3, 0.4) is 0 Å². The molecule has 0 amide bonds. The van der Waals surface area contributed by atoms with Crippen molar-refractivity contribution in [1.82, 2.24) is 0 Å². The summed E-state index contributed by atoms with van der Waals surface area (Å²) in [5.41, 5.74) is 8.82. The van der Waals surface area contributed by atoms with Crippen molar-refractivity contribution < 1.29 is 9.13 Å². The minimum absolute atomic E-state index is 0.0333. The summed E-state index contributed by atoms with van der Waals surface area (Å²) >= 11 is 0. The SMILES string of the molecule is Nc1ccc(F)cc1OC1CCCc2ccccc21. The molecule has 19 heavy (non-hydrogen) atoms. The Morgan fingerprint density at radius 1 is 1.16 bits per heavy atom. The molecule has 98 valence electrons. The Bertz CT molecular complexity index is 597. The third-order valence-electron chi connectivity index (χ3n) is 3.56. The summed E-state index contributed by atoms with van der Waals surface area (Å²) < 4.78 is 19.2. The quantitative estimate of drug-likeness (QED) is 0.829. The Labute approximate surface area is 112 Å². The van der Waals surface area contributed by atoms with Crippen LogP contribution in [0.25, 0.3) is 0 Å². The molecule has 2 nitrogen and oxygen atoms in total. The summed E-state index contributed by atoms with van der Waals surface area (Å²) in [4.78, 5) is 0. The van der Waals surface area contributed by atoms with Crippen LogP contribution in [-0.4, -0.2) is 0 Å². The molecule has 0 heterocycles. The van der Waals surface area contributed by atoms with Crippen LogP contribution in [0.5, 0.6) is 5.75 Å². The normalized spacial score (nSPS) is 17.8. The van der Waals surface area contributed by atoms with Gasteiger partial charge in [0.05, 0.1) is 5.69 Å². The Morgan fingerprint density at radius 3 is 2.89 bits per heavy atom. The Hall–Kier alpha value is -2.03. The lowest BCUT2D eigenvalue weighted by Crippen LogP contribution is -2.15. The van der Waals surface area contributed by atoms with Gasteiger partial charge in [-0.05, 0) is 42.5 Å². The van der Waals surface area contributed by atoms with Crippen LogP contribution in [0.2, 0.25) is 0 Å². The van der Waals surface area contributed by atoms with Crippen molar-refractivity contribution >= 4 is 5.69 Å². The smallest absolute Gasteiger partial charge is 0.146 e. The second kappa shape index (κ2) is 4.92. The van der Waals surface area contributed by atoms with E-state index < -0.39 is 0 Å². The molecule has 2 aromatic carbocycles. The van der Waals surface area contributed by atoms with E-state index in [0.717, 1.165) is 19.3 Å². The Balaban J connectivity index is 1.90. The largest absolute Gasteiger partial charge is 0.483 e. The van der Waals surface area contributed by atoms with Crippen LogP contribution in [-0.2, 0) is 6.42 Å². The number of hydrogen-bond donors (Lipinski definition) is 1. The fourth-order valence-electron chi connectivity index (χ4n) is 2.60. The highest BCUT2D eigenvalue weighted by atomic mass is 19.1. The van der Waals surface area contributed by atoms with E-state index in [2.05, 4.69) is 12.1 Å². The lowest BCUT2D eigenvalue weighted by molar-refractivity contribution is 0.184. The molecule has 0 saturated carbocycles. The maximum absolute atomic E-state index is 13.3. The summed E-state index contributed by atoms with van der Waals surface area (Å²) in [5.74, 6) is 0.106. The van der Waals surface area contributed by atoms with E-state index in [-0.39, 0.29) is 11.9 Å². The fourth-order valence-corrected chi connectivity index (χ4v) is 2.60. The van der Waals surface area contributed by atoms with Crippen LogP contribution in [0.1, 0.15) is 30.1 Å². The first-order valence-corrected chi connectivity index (χ1v) is 6.53. The van der Waals surface area contributed by atoms with Crippen LogP contribution in [0.4, 0.5) is 10.1 Å². The molecule has 0 bridgehead atoms. The molecule has 1 aliphatic rings. The van der Waals surface area contributed by atoms with Gasteiger partial charge >= 0.3 is 0 Å². The molecule has 3 heteroatoms. The van der Waals surface area contributed by atoms with Crippen molar-refractivity contribution in [3.63, 3.8) is 0 Å². The number of benzene rings is 2. The highest BCUT2D eigenvalue weighted by molar-refractivity contribution is 5.52. The number of hydrogen-bond acceptors (Lipinski definition) is 2. The standard InChI is InChI=1S/C16H16FNO/c17-12-8-9-14(18)16(10-12)19-15-7-3-5-11-4-1-2-6-13(11)15/h1-2,4,6,8-10,15H,3,5,7,18H2. The maximum atomic E-state index is 13.3. The van der Waals surface area contributed by atoms with Crippen molar-refractivity contribution in [2.45, 2.75) is 25.4 Å². The summed E-state index contributed by atoms with van der Waals surface area (Å²) in [6.45, 7) is 0. The second-order valence-electron chi connectivity index (χ2n) is 4.88. The van der Waals surface area contributed by atoms with E-state index >= 15 is 0 Å². The van der Waals surface area contributed by atoms with Crippen molar-refractivity contribution in [1.29, 1.82) is 0 Å². The van der Waals surface area contributed by atoms with Gasteiger partial charge in [-0.2, -0.15) is 0 Å². The molecule has 0 fully saturated rings. The lowest BCUT2D eigenvalue weighted by atomic mass is 9.89. The molecule has 3 rings (SSSR count). The first-order valence-electron chi connectivity index (χ1n) is 6.53. The third kappa shape index (κ3) is 2.41. The fraction of sp³-hybridized carbons (Fsp3) is 0.250. The van der Waals surface area contributed by atoms with Crippen LogP contribution in [0, 0.1) is 5.82 Å². The predicted molar refractivity (Wildman–Crippen MR) is 73.6 cm³/mol. The zero-order valence-corrected chi connectivity index (χ0v) is 10.6. The van der Waals surface area contributed by atoms with Crippen molar-refractivity contribution in [3.8, 4) is 5.75 Å². The van der Waals surface area contributed by atoms with Gasteiger partial charge in [0.1, 0.15) is 17.7 Å².